The Balaban J connectivity index is 5.37. The number of nitrogens with zero attached hydrogens (tertiary/aromatic N) is 1. The second-order valence-corrected chi connectivity index (χ2v) is 8.69. The highest BCUT2D eigenvalue weighted by atomic mass is 32.2. The molecule has 0 aromatic carbocycles. The quantitative estimate of drug-likeness (QED) is 0.0632. The van der Waals surface area contributed by atoms with E-state index in [2.05, 4.69) is 20.9 Å². The summed E-state index contributed by atoms with van der Waals surface area (Å²) in [5, 5.41) is 26.1. The first-order valence-electron chi connectivity index (χ1n) is 10.5. The molecule has 0 spiro atoms. The number of carbonyl (C=O) groups is 4. The fourth-order valence-electron chi connectivity index (χ4n) is 2.57. The molecule has 0 aliphatic heterocycles. The van der Waals surface area contributed by atoms with E-state index in [1.165, 1.54) is 11.8 Å². The number of aliphatic carboxylic acids is 1. The Kier molecular flexibility index (Phi) is 14.8. The van der Waals surface area contributed by atoms with Crippen molar-refractivity contribution >= 4 is 41.4 Å². The predicted molar refractivity (Wildman–Crippen MR) is 126 cm³/mol. The number of hydrogen-bond donors (Lipinski definition) is 8. The Labute approximate surface area is 197 Å². The fourth-order valence-corrected chi connectivity index (χ4v) is 3.05. The van der Waals surface area contributed by atoms with Gasteiger partial charge in [-0.15, -0.1) is 0 Å². The number of carboxylic acid groups (broad SMARTS) is 1. The number of hydrogen-bond acceptors (Lipinski definition) is 8. The Bertz CT molecular complexity index is 688. The van der Waals surface area contributed by atoms with Gasteiger partial charge < -0.3 is 43.4 Å². The van der Waals surface area contributed by atoms with Crippen LogP contribution in [-0.4, -0.2) is 89.2 Å². The second kappa shape index (κ2) is 16.1. The lowest BCUT2D eigenvalue weighted by molar-refractivity contribution is -0.142. The van der Waals surface area contributed by atoms with E-state index in [1.807, 2.05) is 6.26 Å². The molecule has 190 valence electrons. The van der Waals surface area contributed by atoms with Gasteiger partial charge in [0.2, 0.25) is 17.7 Å². The summed E-state index contributed by atoms with van der Waals surface area (Å²) in [6.45, 7) is 2.91. The minimum absolute atomic E-state index is 0.0841. The number of aliphatic imine (C=N–C) groups is 1. The van der Waals surface area contributed by atoms with Gasteiger partial charge in [0.25, 0.3) is 0 Å². The number of aliphatic hydroxyl groups is 1. The maximum Gasteiger partial charge on any atom is 0.326 e. The van der Waals surface area contributed by atoms with Crippen molar-refractivity contribution < 1.29 is 29.4 Å². The van der Waals surface area contributed by atoms with Crippen LogP contribution in [0.5, 0.6) is 0 Å². The maximum absolute atomic E-state index is 12.8. The van der Waals surface area contributed by atoms with Gasteiger partial charge in [0.15, 0.2) is 5.96 Å². The molecule has 0 aliphatic rings. The highest BCUT2D eigenvalue weighted by Crippen LogP contribution is 2.05. The monoisotopic (exact) mass is 491 g/mol. The molecule has 4 atom stereocenters. The van der Waals surface area contributed by atoms with Crippen molar-refractivity contribution in [3.8, 4) is 0 Å². The fraction of sp³-hybridized carbons (Fsp3) is 0.737. The molecule has 0 aromatic heterocycles. The molecule has 0 saturated carbocycles. The zero-order valence-corrected chi connectivity index (χ0v) is 20.1. The van der Waals surface area contributed by atoms with Gasteiger partial charge in [-0.3, -0.25) is 19.4 Å². The summed E-state index contributed by atoms with van der Waals surface area (Å²) in [4.78, 5) is 52.9. The van der Waals surface area contributed by atoms with E-state index in [0.29, 0.717) is 12.2 Å². The van der Waals surface area contributed by atoms with Gasteiger partial charge >= 0.3 is 5.97 Å². The van der Waals surface area contributed by atoms with Crippen LogP contribution in [0.25, 0.3) is 0 Å². The average Bonchev–Trinajstić information content (AvgIpc) is 2.75. The lowest BCUT2D eigenvalue weighted by Crippen LogP contribution is -2.58. The summed E-state index contributed by atoms with van der Waals surface area (Å²) >= 11 is 1.43. The van der Waals surface area contributed by atoms with Crippen molar-refractivity contribution in [3.63, 3.8) is 0 Å². The van der Waals surface area contributed by atoms with Crippen LogP contribution in [0.1, 0.15) is 33.1 Å². The van der Waals surface area contributed by atoms with Gasteiger partial charge in [-0.05, 0) is 37.2 Å². The molecular weight excluding hydrogens is 454 g/mol. The molecule has 14 heteroatoms. The molecule has 0 heterocycles. The first-order valence-corrected chi connectivity index (χ1v) is 11.9. The first kappa shape index (κ1) is 30.4. The average molecular weight is 492 g/mol. The van der Waals surface area contributed by atoms with Crippen molar-refractivity contribution in [3.05, 3.63) is 0 Å². The Hall–Kier alpha value is -2.58. The van der Waals surface area contributed by atoms with Crippen molar-refractivity contribution in [1.82, 2.24) is 16.0 Å². The number of guanidine groups is 1. The van der Waals surface area contributed by atoms with Gasteiger partial charge in [0.1, 0.15) is 18.1 Å². The molecule has 13 nitrogen and oxygen atoms in total. The molecular formula is C19H37N7O6S. The van der Waals surface area contributed by atoms with E-state index in [9.17, 15) is 29.4 Å². The van der Waals surface area contributed by atoms with Crippen LogP contribution in [0.4, 0.5) is 0 Å². The van der Waals surface area contributed by atoms with E-state index >= 15 is 0 Å². The molecule has 0 radical (unpaired) electrons. The zero-order valence-electron chi connectivity index (χ0n) is 19.2. The number of amides is 3. The molecule has 11 N–H and O–H groups in total. The summed E-state index contributed by atoms with van der Waals surface area (Å²) in [5.41, 5.74) is 16.3. The molecule has 33 heavy (non-hydrogen) atoms. The van der Waals surface area contributed by atoms with Crippen molar-refractivity contribution in [1.29, 1.82) is 0 Å². The third kappa shape index (κ3) is 12.3. The molecule has 0 rings (SSSR count). The van der Waals surface area contributed by atoms with E-state index in [4.69, 9.17) is 17.2 Å². The van der Waals surface area contributed by atoms with Gasteiger partial charge in [0.05, 0.1) is 12.6 Å². The van der Waals surface area contributed by atoms with E-state index in [0.717, 1.165) is 0 Å². The van der Waals surface area contributed by atoms with E-state index in [-0.39, 0.29) is 31.3 Å². The lowest BCUT2D eigenvalue weighted by atomic mass is 10.0. The van der Waals surface area contributed by atoms with Crippen molar-refractivity contribution in [2.45, 2.75) is 57.3 Å². The van der Waals surface area contributed by atoms with Crippen molar-refractivity contribution in [2.75, 3.05) is 25.2 Å². The van der Waals surface area contributed by atoms with Gasteiger partial charge in [-0.2, -0.15) is 11.8 Å². The van der Waals surface area contributed by atoms with Crippen LogP contribution < -0.4 is 33.2 Å². The third-order valence-electron chi connectivity index (χ3n) is 4.64. The van der Waals surface area contributed by atoms with Gasteiger partial charge in [0, 0.05) is 6.54 Å². The van der Waals surface area contributed by atoms with Gasteiger partial charge in [-0.25, -0.2) is 4.79 Å². The molecule has 3 amide bonds. The number of nitrogens with two attached hydrogens (primary N) is 3. The third-order valence-corrected chi connectivity index (χ3v) is 5.28. The SMILES string of the molecule is CSCCC(NC(=O)C(CCCN=C(N)N)NC(=O)C(CO)NC(=O)C(N)C(C)C)C(=O)O. The highest BCUT2D eigenvalue weighted by Gasteiger charge is 2.30. The molecule has 0 fully saturated rings. The summed E-state index contributed by atoms with van der Waals surface area (Å²) in [6, 6.07) is -4.52. The zero-order chi connectivity index (χ0) is 25.6. The van der Waals surface area contributed by atoms with E-state index < -0.39 is 54.5 Å². The normalized spacial score (nSPS) is 14.5. The molecule has 0 aromatic rings. The van der Waals surface area contributed by atoms with Crippen LogP contribution in [0, 0.1) is 5.92 Å². The topological polar surface area (TPSA) is 235 Å². The van der Waals surface area contributed by atoms with Crippen LogP contribution in [0.15, 0.2) is 4.99 Å². The highest BCUT2D eigenvalue weighted by molar-refractivity contribution is 7.98. The number of rotatable bonds is 16. The minimum atomic E-state index is -1.35. The first-order chi connectivity index (χ1) is 15.4. The Morgan fingerprint density at radius 2 is 1.48 bits per heavy atom. The predicted octanol–water partition coefficient (Wildman–Crippen LogP) is -2.69. The second-order valence-electron chi connectivity index (χ2n) is 7.70. The Morgan fingerprint density at radius 3 is 1.97 bits per heavy atom. The van der Waals surface area contributed by atoms with Crippen LogP contribution in [0.2, 0.25) is 0 Å². The summed E-state index contributed by atoms with van der Waals surface area (Å²) in [7, 11) is 0. The van der Waals surface area contributed by atoms with Crippen LogP contribution in [0.3, 0.4) is 0 Å². The maximum atomic E-state index is 12.8. The minimum Gasteiger partial charge on any atom is -0.480 e. The van der Waals surface area contributed by atoms with Crippen LogP contribution in [-0.2, 0) is 19.2 Å². The largest absolute Gasteiger partial charge is 0.480 e. The smallest absolute Gasteiger partial charge is 0.326 e. The number of thioether (sulfide) groups is 1. The van der Waals surface area contributed by atoms with Crippen LogP contribution >= 0.6 is 11.8 Å². The van der Waals surface area contributed by atoms with Gasteiger partial charge in [-0.1, -0.05) is 13.8 Å². The summed E-state index contributed by atoms with van der Waals surface area (Å²) in [5.74, 6) is -3.19. The summed E-state index contributed by atoms with van der Waals surface area (Å²) in [6.07, 6.45) is 2.38. The molecule has 0 saturated heterocycles. The number of carbonyl (C=O) groups excluding carboxylic acids is 3. The number of carboxylic acids is 1. The van der Waals surface area contributed by atoms with Crippen molar-refractivity contribution in [2.24, 2.45) is 28.1 Å². The molecule has 0 aliphatic carbocycles. The lowest BCUT2D eigenvalue weighted by Gasteiger charge is -2.25. The number of aliphatic hydroxyl groups excluding tert-OH is 1. The summed E-state index contributed by atoms with van der Waals surface area (Å²) < 4.78 is 0. The Morgan fingerprint density at radius 1 is 0.939 bits per heavy atom. The molecule has 4 unspecified atom stereocenters. The molecule has 0 bridgehead atoms. The standard InChI is InChI=1S/C19H37N7O6S/c1-10(2)14(20)17(30)26-13(9-27)16(29)24-11(5-4-7-23-19(21)22)15(28)25-12(18(31)32)6-8-33-3/h10-14,27H,4-9,20H2,1-3H3,(H,24,29)(H,25,28)(H,26,30)(H,31,32)(H4,21,22,23). The van der Waals surface area contributed by atoms with E-state index in [1.54, 1.807) is 13.8 Å². The number of nitrogens with one attached hydrogen (secondary N) is 3.